The first-order chi connectivity index (χ1) is 14.1. The van der Waals surface area contributed by atoms with Crippen LogP contribution in [0.2, 0.25) is 0 Å². The maximum atomic E-state index is 12.7. The van der Waals surface area contributed by atoms with Crippen LogP contribution in [0.4, 0.5) is 14.5 Å². The van der Waals surface area contributed by atoms with Gasteiger partial charge >= 0.3 is 6.61 Å². The second-order valence-corrected chi connectivity index (χ2v) is 6.56. The molecular formula is C20H25F2N5O2. The first-order valence-electron chi connectivity index (χ1n) is 9.34. The second-order valence-electron chi connectivity index (χ2n) is 6.56. The van der Waals surface area contributed by atoms with Gasteiger partial charge in [-0.3, -0.25) is 4.99 Å². The predicted molar refractivity (Wildman–Crippen MR) is 108 cm³/mol. The molecule has 0 saturated carbocycles. The van der Waals surface area contributed by atoms with Crippen molar-refractivity contribution in [2.75, 3.05) is 32.1 Å². The Morgan fingerprint density at radius 1 is 1.31 bits per heavy atom. The van der Waals surface area contributed by atoms with Gasteiger partial charge in [0.2, 0.25) is 5.88 Å². The third-order valence-electron chi connectivity index (χ3n) is 4.64. The summed E-state index contributed by atoms with van der Waals surface area (Å²) in [5, 5.41) is 6.64. The molecule has 0 aliphatic carbocycles. The lowest BCUT2D eigenvalue weighted by Gasteiger charge is -2.22. The smallest absolute Gasteiger partial charge is 0.387 e. The summed E-state index contributed by atoms with van der Waals surface area (Å²) in [7, 11) is 3.29. The number of guanidine groups is 1. The fourth-order valence-electron chi connectivity index (χ4n) is 3.22. The van der Waals surface area contributed by atoms with Crippen molar-refractivity contribution in [1.29, 1.82) is 0 Å². The van der Waals surface area contributed by atoms with Crippen LogP contribution in [-0.2, 0) is 6.54 Å². The molecule has 29 heavy (non-hydrogen) atoms. The number of aromatic nitrogens is 1. The fourth-order valence-corrected chi connectivity index (χ4v) is 3.22. The molecule has 2 aromatic rings. The molecule has 1 fully saturated rings. The monoisotopic (exact) mass is 405 g/mol. The first kappa shape index (κ1) is 20.6. The van der Waals surface area contributed by atoms with Crippen LogP contribution in [0.3, 0.4) is 0 Å². The van der Waals surface area contributed by atoms with Crippen LogP contribution in [-0.4, -0.2) is 50.8 Å². The summed E-state index contributed by atoms with van der Waals surface area (Å²) in [5.74, 6) is 1.43. The number of methoxy groups -OCH3 is 1. The molecule has 2 heterocycles. The molecule has 1 aliphatic heterocycles. The van der Waals surface area contributed by atoms with Crippen molar-refractivity contribution in [1.82, 2.24) is 15.6 Å². The molecule has 1 atom stereocenters. The molecule has 7 nitrogen and oxygen atoms in total. The van der Waals surface area contributed by atoms with E-state index in [1.165, 1.54) is 0 Å². The van der Waals surface area contributed by atoms with Crippen molar-refractivity contribution < 1.29 is 18.3 Å². The van der Waals surface area contributed by atoms with Crippen LogP contribution in [0.5, 0.6) is 11.6 Å². The second kappa shape index (κ2) is 9.90. The molecule has 1 aliphatic rings. The van der Waals surface area contributed by atoms with Gasteiger partial charge in [-0.2, -0.15) is 8.78 Å². The summed E-state index contributed by atoms with van der Waals surface area (Å²) < 4.78 is 35.0. The lowest BCUT2D eigenvalue weighted by Crippen LogP contribution is -2.44. The van der Waals surface area contributed by atoms with Gasteiger partial charge in [-0.25, -0.2) is 4.98 Å². The van der Waals surface area contributed by atoms with Gasteiger partial charge in [-0.1, -0.05) is 18.2 Å². The Labute approximate surface area is 168 Å². The van der Waals surface area contributed by atoms with E-state index in [1.54, 1.807) is 44.6 Å². The molecule has 1 unspecified atom stereocenters. The van der Waals surface area contributed by atoms with E-state index in [9.17, 15) is 8.78 Å². The Hall–Kier alpha value is -3.10. The fraction of sp³-hybridized carbons (Fsp3) is 0.400. The van der Waals surface area contributed by atoms with Gasteiger partial charge in [0.15, 0.2) is 5.96 Å². The molecule has 2 N–H and O–H groups in total. The van der Waals surface area contributed by atoms with E-state index in [4.69, 9.17) is 4.74 Å². The van der Waals surface area contributed by atoms with E-state index in [0.717, 1.165) is 18.5 Å². The maximum absolute atomic E-state index is 12.7. The molecule has 1 aromatic heterocycles. The number of nitrogens with zero attached hydrogens (tertiary/aromatic N) is 3. The normalized spacial score (nSPS) is 16.8. The Morgan fingerprint density at radius 2 is 2.14 bits per heavy atom. The lowest BCUT2D eigenvalue weighted by atomic mass is 10.2. The van der Waals surface area contributed by atoms with Crippen molar-refractivity contribution in [3.8, 4) is 11.6 Å². The Balaban J connectivity index is 1.54. The zero-order valence-corrected chi connectivity index (χ0v) is 16.4. The molecule has 0 bridgehead atoms. The number of halogens is 2. The van der Waals surface area contributed by atoms with Gasteiger partial charge in [0.25, 0.3) is 0 Å². The van der Waals surface area contributed by atoms with Crippen LogP contribution in [0.1, 0.15) is 12.0 Å². The van der Waals surface area contributed by atoms with E-state index in [2.05, 4.69) is 25.3 Å². The average molecular weight is 405 g/mol. The highest BCUT2D eigenvalue weighted by molar-refractivity contribution is 5.80. The van der Waals surface area contributed by atoms with E-state index in [1.807, 2.05) is 17.0 Å². The molecule has 9 heteroatoms. The van der Waals surface area contributed by atoms with Crippen molar-refractivity contribution in [3.63, 3.8) is 0 Å². The van der Waals surface area contributed by atoms with Gasteiger partial charge in [0.1, 0.15) is 5.75 Å². The van der Waals surface area contributed by atoms with E-state index >= 15 is 0 Å². The Morgan fingerprint density at radius 3 is 2.83 bits per heavy atom. The van der Waals surface area contributed by atoms with Gasteiger partial charge < -0.3 is 25.0 Å². The van der Waals surface area contributed by atoms with Crippen molar-refractivity contribution in [2.24, 2.45) is 4.99 Å². The zero-order chi connectivity index (χ0) is 20.6. The van der Waals surface area contributed by atoms with Crippen LogP contribution in [0, 0.1) is 0 Å². The Bertz CT molecular complexity index is 817. The van der Waals surface area contributed by atoms with Gasteiger partial charge in [0, 0.05) is 45.0 Å². The third-order valence-corrected chi connectivity index (χ3v) is 4.64. The molecule has 0 radical (unpaired) electrons. The number of anilines is 1. The molecule has 0 spiro atoms. The highest BCUT2D eigenvalue weighted by Gasteiger charge is 2.26. The number of pyridine rings is 1. The Kier molecular flexibility index (Phi) is 7.04. The summed E-state index contributed by atoms with van der Waals surface area (Å²) in [6.07, 6.45) is 2.60. The number of hydrogen-bond acceptors (Lipinski definition) is 5. The quantitative estimate of drug-likeness (QED) is 0.545. The van der Waals surface area contributed by atoms with E-state index < -0.39 is 6.61 Å². The molecular weight excluding hydrogens is 380 g/mol. The van der Waals surface area contributed by atoms with E-state index in [-0.39, 0.29) is 11.8 Å². The topological polar surface area (TPSA) is 71.0 Å². The number of ether oxygens (including phenoxy) is 2. The number of benzene rings is 1. The summed E-state index contributed by atoms with van der Waals surface area (Å²) in [4.78, 5) is 10.5. The zero-order valence-electron chi connectivity index (χ0n) is 16.4. The number of hydrogen-bond donors (Lipinski definition) is 2. The number of para-hydroxylation sites is 2. The summed E-state index contributed by atoms with van der Waals surface area (Å²) in [5.41, 5.74) is 1.67. The first-order valence-corrected chi connectivity index (χ1v) is 9.34. The minimum Gasteiger partial charge on any atom is -0.481 e. The number of nitrogens with one attached hydrogen (secondary N) is 2. The standard InChI is InChI=1S/C20H25F2N5O2/c1-23-20(25-12-14-7-8-18(28-2)24-11-14)26-15-9-10-27(13-15)16-5-3-4-6-17(16)29-19(21)22/h3-8,11,15,19H,9-10,12-13H2,1-2H3,(H2,23,25,26). The van der Waals surface area contributed by atoms with Crippen molar-refractivity contribution >= 4 is 11.6 Å². The molecule has 0 amide bonds. The number of aliphatic imine (C=N–C) groups is 1. The van der Waals surface area contributed by atoms with Gasteiger partial charge in [-0.05, 0) is 24.1 Å². The maximum Gasteiger partial charge on any atom is 0.387 e. The highest BCUT2D eigenvalue weighted by atomic mass is 19.3. The number of rotatable bonds is 7. The minimum atomic E-state index is -2.84. The van der Waals surface area contributed by atoms with Crippen LogP contribution in [0.15, 0.2) is 47.6 Å². The van der Waals surface area contributed by atoms with Crippen LogP contribution < -0.4 is 25.0 Å². The van der Waals surface area contributed by atoms with E-state index in [0.29, 0.717) is 30.6 Å². The molecule has 3 rings (SSSR count). The van der Waals surface area contributed by atoms with Gasteiger partial charge in [0.05, 0.1) is 12.8 Å². The molecule has 1 aromatic carbocycles. The highest BCUT2D eigenvalue weighted by Crippen LogP contribution is 2.31. The summed E-state index contributed by atoms with van der Waals surface area (Å²) in [6, 6.07) is 10.7. The lowest BCUT2D eigenvalue weighted by molar-refractivity contribution is -0.0495. The average Bonchev–Trinajstić information content (AvgIpc) is 3.19. The largest absolute Gasteiger partial charge is 0.481 e. The third kappa shape index (κ3) is 5.69. The van der Waals surface area contributed by atoms with Gasteiger partial charge in [-0.15, -0.1) is 0 Å². The SMILES string of the molecule is CN=C(NCc1ccc(OC)nc1)NC1CCN(c2ccccc2OC(F)F)C1. The van der Waals surface area contributed by atoms with Crippen molar-refractivity contribution in [2.45, 2.75) is 25.6 Å². The summed E-state index contributed by atoms with van der Waals surface area (Å²) >= 11 is 0. The molecule has 1 saturated heterocycles. The van der Waals surface area contributed by atoms with Crippen molar-refractivity contribution in [3.05, 3.63) is 48.2 Å². The minimum absolute atomic E-state index is 0.134. The molecule has 156 valence electrons. The van der Waals surface area contributed by atoms with Crippen LogP contribution in [0.25, 0.3) is 0 Å². The predicted octanol–water partition coefficient (Wildman–Crippen LogP) is 2.64. The van der Waals surface area contributed by atoms with Crippen LogP contribution >= 0.6 is 0 Å². The number of alkyl halides is 2. The summed E-state index contributed by atoms with van der Waals surface area (Å²) in [6.45, 7) is -0.879.